The van der Waals surface area contributed by atoms with Crippen LogP contribution >= 0.6 is 0 Å². The van der Waals surface area contributed by atoms with Gasteiger partial charge in [-0.05, 0) is 0 Å². The SMILES string of the molecule is CC(/C=C(/C)[N]([Ge][O]C(C)(C)C)c1c(C(C)C)cccc1C(C)C)=Nc1c(C(C)C)cccc1C(C)C. The molecule has 4 heteroatoms. The molecule has 0 fully saturated rings. The number of para-hydroxylation sites is 2. The van der Waals surface area contributed by atoms with Gasteiger partial charge in [-0.1, -0.05) is 0 Å². The van der Waals surface area contributed by atoms with Crippen LogP contribution in [0.5, 0.6) is 0 Å². The van der Waals surface area contributed by atoms with Crippen LogP contribution in [0.25, 0.3) is 0 Å². The topological polar surface area (TPSA) is 24.8 Å². The van der Waals surface area contributed by atoms with E-state index in [2.05, 4.69) is 136 Å². The van der Waals surface area contributed by atoms with Crippen LogP contribution in [0.3, 0.4) is 0 Å². The van der Waals surface area contributed by atoms with E-state index in [9.17, 15) is 0 Å². The molecule has 2 radical (unpaired) electrons. The Morgan fingerprint density at radius 1 is 0.757 bits per heavy atom. The molecule has 0 aliphatic carbocycles. The molecule has 0 atom stereocenters. The van der Waals surface area contributed by atoms with Crippen molar-refractivity contribution in [3.63, 3.8) is 0 Å². The van der Waals surface area contributed by atoms with Crippen molar-refractivity contribution >= 4 is 33.1 Å². The summed E-state index contributed by atoms with van der Waals surface area (Å²) in [5, 5.41) is 0. The van der Waals surface area contributed by atoms with Gasteiger partial charge in [0.2, 0.25) is 0 Å². The van der Waals surface area contributed by atoms with Crippen LogP contribution < -0.4 is 3.86 Å². The maximum absolute atomic E-state index is 6.51. The van der Waals surface area contributed by atoms with E-state index in [-0.39, 0.29) is 5.60 Å². The van der Waals surface area contributed by atoms with E-state index < -0.39 is 16.0 Å². The summed E-state index contributed by atoms with van der Waals surface area (Å²) >= 11 is -0.920. The Balaban J connectivity index is 2.70. The van der Waals surface area contributed by atoms with Crippen molar-refractivity contribution in [2.75, 3.05) is 3.86 Å². The van der Waals surface area contributed by atoms with E-state index in [0.717, 1.165) is 11.4 Å². The van der Waals surface area contributed by atoms with Crippen LogP contribution in [0.4, 0.5) is 11.4 Å². The molecule has 0 N–H and O–H groups in total. The standard InChI is InChI=1S/C33H50GeN2O/c1-21(2)27-16-14-17-28(22(3)4)31(27)35-25(9)20-26(10)36(34-37-33(11,12)13)32-29(23(5)6)18-15-19-30(32)24(7)8/h14-24H,1-13H3/b26-20-,35-25?. The number of nitrogens with zero attached hydrogens (tertiary/aromatic N) is 2. The second kappa shape index (κ2) is 13.3. The molecule has 0 aliphatic rings. The third kappa shape index (κ3) is 8.58. The molecule has 0 spiro atoms. The van der Waals surface area contributed by atoms with Gasteiger partial charge < -0.3 is 0 Å². The second-order valence-corrected chi connectivity index (χ2v) is 14.1. The normalized spacial score (nSPS) is 13.4. The van der Waals surface area contributed by atoms with Gasteiger partial charge in [-0.25, -0.2) is 0 Å². The summed E-state index contributed by atoms with van der Waals surface area (Å²) < 4.78 is 8.99. The molecule has 0 amide bonds. The zero-order valence-electron chi connectivity index (χ0n) is 25.7. The molecule has 0 unspecified atom stereocenters. The molecule has 0 heterocycles. The van der Waals surface area contributed by atoms with E-state index in [1.807, 2.05) is 0 Å². The molecule has 0 saturated heterocycles. The summed E-state index contributed by atoms with van der Waals surface area (Å²) in [5.41, 5.74) is 9.85. The molecule has 202 valence electrons. The Hall–Kier alpha value is -1.85. The third-order valence-corrected chi connectivity index (χ3v) is 9.48. The summed E-state index contributed by atoms with van der Waals surface area (Å²) in [6.07, 6.45) is 2.25. The summed E-state index contributed by atoms with van der Waals surface area (Å²) in [7, 11) is 0. The zero-order chi connectivity index (χ0) is 28.1. The summed E-state index contributed by atoms with van der Waals surface area (Å²) in [5.74, 6) is 1.69. The molecule has 2 aromatic rings. The van der Waals surface area contributed by atoms with E-state index in [4.69, 9.17) is 8.76 Å². The van der Waals surface area contributed by atoms with Gasteiger partial charge in [-0.3, -0.25) is 0 Å². The number of rotatable bonds is 10. The fourth-order valence-electron chi connectivity index (χ4n) is 4.46. The first kappa shape index (κ1) is 31.4. The fourth-order valence-corrected chi connectivity index (χ4v) is 6.40. The minimum absolute atomic E-state index is 0.186. The zero-order valence-corrected chi connectivity index (χ0v) is 27.8. The Morgan fingerprint density at radius 3 is 1.54 bits per heavy atom. The molecular weight excluding hydrogens is 513 g/mol. The summed E-state index contributed by atoms with van der Waals surface area (Å²) in [6.45, 7) is 28.9. The van der Waals surface area contributed by atoms with Crippen molar-refractivity contribution in [3.05, 3.63) is 70.4 Å². The Bertz CT molecular complexity index is 1050. The molecule has 3 nitrogen and oxygen atoms in total. The molecule has 2 aromatic carbocycles. The van der Waals surface area contributed by atoms with Gasteiger partial charge in [-0.2, -0.15) is 0 Å². The van der Waals surface area contributed by atoms with Crippen molar-refractivity contribution in [2.45, 2.75) is 119 Å². The first-order valence-corrected chi connectivity index (χ1v) is 15.7. The third-order valence-electron chi connectivity index (χ3n) is 6.41. The van der Waals surface area contributed by atoms with Gasteiger partial charge in [0.05, 0.1) is 0 Å². The molecule has 0 saturated carbocycles. The van der Waals surface area contributed by atoms with Crippen LogP contribution in [0, 0.1) is 0 Å². The van der Waals surface area contributed by atoms with Crippen molar-refractivity contribution in [1.82, 2.24) is 0 Å². The van der Waals surface area contributed by atoms with E-state index in [1.54, 1.807) is 0 Å². The molecule has 0 bridgehead atoms. The van der Waals surface area contributed by atoms with E-state index >= 15 is 0 Å². The van der Waals surface area contributed by atoms with Crippen LogP contribution in [-0.4, -0.2) is 27.3 Å². The number of aliphatic imine (C=N–C) groups is 1. The Morgan fingerprint density at radius 2 is 1.16 bits per heavy atom. The first-order chi connectivity index (χ1) is 17.1. The van der Waals surface area contributed by atoms with Gasteiger partial charge >= 0.3 is 235 Å². The first-order valence-electron chi connectivity index (χ1n) is 13.9. The quantitative estimate of drug-likeness (QED) is 0.212. The number of anilines is 1. The molecule has 2 rings (SSSR count). The minimum atomic E-state index is -0.920. The molecular formula is C33H50GeN2O. The van der Waals surface area contributed by atoms with Crippen LogP contribution in [-0.2, 0) is 3.76 Å². The van der Waals surface area contributed by atoms with Crippen molar-refractivity contribution in [3.8, 4) is 0 Å². The van der Waals surface area contributed by atoms with Gasteiger partial charge in [0.1, 0.15) is 0 Å². The molecule has 0 aliphatic heterocycles. The van der Waals surface area contributed by atoms with Crippen molar-refractivity contribution < 1.29 is 3.76 Å². The molecule has 0 aromatic heterocycles. The monoisotopic (exact) mass is 564 g/mol. The van der Waals surface area contributed by atoms with Gasteiger partial charge in [0.15, 0.2) is 0 Å². The second-order valence-electron chi connectivity index (χ2n) is 12.4. The molecule has 37 heavy (non-hydrogen) atoms. The average molecular weight is 563 g/mol. The summed E-state index contributed by atoms with van der Waals surface area (Å²) in [4.78, 5) is 5.23. The van der Waals surface area contributed by atoms with E-state index in [0.29, 0.717) is 23.7 Å². The number of allylic oxidation sites excluding steroid dienone is 2. The fraction of sp³-hybridized carbons (Fsp3) is 0.545. The maximum atomic E-state index is 6.51. The number of hydrogen-bond donors (Lipinski definition) is 0. The van der Waals surface area contributed by atoms with Gasteiger partial charge in [0, 0.05) is 0 Å². The Kier molecular flexibility index (Phi) is 11.3. The summed E-state index contributed by atoms with van der Waals surface area (Å²) in [6, 6.07) is 13.4. The van der Waals surface area contributed by atoms with Crippen molar-refractivity contribution in [2.24, 2.45) is 4.99 Å². The van der Waals surface area contributed by atoms with Crippen molar-refractivity contribution in [1.29, 1.82) is 0 Å². The predicted octanol–water partition coefficient (Wildman–Crippen LogP) is 10.0. The number of benzene rings is 2. The van der Waals surface area contributed by atoms with Crippen LogP contribution in [0.15, 0.2) is 53.2 Å². The Labute approximate surface area is 234 Å². The van der Waals surface area contributed by atoms with Crippen LogP contribution in [0.1, 0.15) is 136 Å². The van der Waals surface area contributed by atoms with Crippen LogP contribution in [0.2, 0.25) is 0 Å². The van der Waals surface area contributed by atoms with Gasteiger partial charge in [-0.15, -0.1) is 0 Å². The average Bonchev–Trinajstić information content (AvgIpc) is 2.77. The number of hydrogen-bond acceptors (Lipinski definition) is 3. The van der Waals surface area contributed by atoms with E-state index in [1.165, 1.54) is 33.6 Å². The predicted molar refractivity (Wildman–Crippen MR) is 165 cm³/mol. The van der Waals surface area contributed by atoms with Gasteiger partial charge in [0.25, 0.3) is 0 Å².